The normalized spacial score (nSPS) is 23.5. The summed E-state index contributed by atoms with van der Waals surface area (Å²) in [7, 11) is 0. The molecule has 2 aliphatic carbocycles. The van der Waals surface area contributed by atoms with E-state index in [1.807, 2.05) is 0 Å². The van der Waals surface area contributed by atoms with Gasteiger partial charge in [0.05, 0.1) is 6.10 Å². The van der Waals surface area contributed by atoms with E-state index in [1.165, 1.54) is 43.2 Å². The second kappa shape index (κ2) is 4.43. The fourth-order valence-electron chi connectivity index (χ4n) is 3.56. The van der Waals surface area contributed by atoms with E-state index in [9.17, 15) is 5.11 Å². The molecular formula is C15H21NO. The van der Waals surface area contributed by atoms with Crippen molar-refractivity contribution in [3.05, 3.63) is 34.4 Å². The lowest BCUT2D eigenvalue weighted by Crippen LogP contribution is -2.10. The van der Waals surface area contributed by atoms with E-state index >= 15 is 0 Å². The second-order valence-electron chi connectivity index (χ2n) is 5.47. The third-order valence-corrected chi connectivity index (χ3v) is 4.37. The van der Waals surface area contributed by atoms with Gasteiger partial charge in [-0.3, -0.25) is 0 Å². The van der Waals surface area contributed by atoms with Gasteiger partial charge in [0.1, 0.15) is 0 Å². The molecule has 0 radical (unpaired) electrons. The number of aryl methyl sites for hydroxylation is 2. The summed E-state index contributed by atoms with van der Waals surface area (Å²) in [4.78, 5) is 0. The van der Waals surface area contributed by atoms with Gasteiger partial charge in [-0.2, -0.15) is 0 Å². The van der Waals surface area contributed by atoms with Crippen molar-refractivity contribution < 1.29 is 5.11 Å². The highest BCUT2D eigenvalue weighted by Gasteiger charge is 2.29. The molecule has 0 spiro atoms. The summed E-state index contributed by atoms with van der Waals surface area (Å²) in [5.41, 5.74) is 11.2. The number of hydrogen-bond donors (Lipinski definition) is 2. The van der Waals surface area contributed by atoms with Crippen LogP contribution in [0.4, 0.5) is 0 Å². The van der Waals surface area contributed by atoms with Crippen LogP contribution >= 0.6 is 0 Å². The maximum atomic E-state index is 10.1. The summed E-state index contributed by atoms with van der Waals surface area (Å²) >= 11 is 0. The lowest BCUT2D eigenvalue weighted by molar-refractivity contribution is 0.170. The third kappa shape index (κ3) is 1.90. The van der Waals surface area contributed by atoms with Crippen LogP contribution in [0.3, 0.4) is 0 Å². The highest BCUT2D eigenvalue weighted by atomic mass is 16.3. The molecule has 1 aromatic carbocycles. The van der Waals surface area contributed by atoms with Crippen molar-refractivity contribution in [3.8, 4) is 0 Å². The molecule has 2 nitrogen and oxygen atoms in total. The Hall–Kier alpha value is -0.860. The zero-order chi connectivity index (χ0) is 11.8. The molecule has 3 rings (SSSR count). The molecule has 0 amide bonds. The minimum absolute atomic E-state index is 0.373. The van der Waals surface area contributed by atoms with Gasteiger partial charge < -0.3 is 10.8 Å². The molecule has 0 saturated heterocycles. The molecular weight excluding hydrogens is 210 g/mol. The topological polar surface area (TPSA) is 46.2 Å². The molecule has 0 aliphatic heterocycles. The Morgan fingerprint density at radius 2 is 2.00 bits per heavy atom. The maximum Gasteiger partial charge on any atom is 0.0802 e. The lowest BCUT2D eigenvalue weighted by atomic mass is 9.82. The Balaban J connectivity index is 1.99. The van der Waals surface area contributed by atoms with E-state index < -0.39 is 0 Å². The SMILES string of the molecule is NCCC(O)c1cc2c3c(c1)CCC3CCC2. The van der Waals surface area contributed by atoms with Crippen LogP contribution in [0.15, 0.2) is 12.1 Å². The molecule has 17 heavy (non-hydrogen) atoms. The Kier molecular flexibility index (Phi) is 2.93. The largest absolute Gasteiger partial charge is 0.388 e. The van der Waals surface area contributed by atoms with Crippen molar-refractivity contribution in [2.45, 2.75) is 50.5 Å². The summed E-state index contributed by atoms with van der Waals surface area (Å²) in [6, 6.07) is 4.46. The molecule has 0 bridgehead atoms. The molecule has 2 atom stereocenters. The lowest BCUT2D eigenvalue weighted by Gasteiger charge is -2.23. The van der Waals surface area contributed by atoms with Crippen LogP contribution in [0.2, 0.25) is 0 Å². The predicted molar refractivity (Wildman–Crippen MR) is 69.1 cm³/mol. The molecule has 2 heteroatoms. The monoisotopic (exact) mass is 231 g/mol. The molecule has 2 aliphatic rings. The molecule has 0 fully saturated rings. The van der Waals surface area contributed by atoms with Crippen LogP contribution in [-0.4, -0.2) is 11.7 Å². The predicted octanol–water partition coefficient (Wildman–Crippen LogP) is 2.43. The number of benzene rings is 1. The molecule has 1 aromatic rings. The van der Waals surface area contributed by atoms with Gasteiger partial charge in [-0.1, -0.05) is 12.1 Å². The van der Waals surface area contributed by atoms with Crippen LogP contribution in [0, 0.1) is 0 Å². The summed E-state index contributed by atoms with van der Waals surface area (Å²) in [5, 5.41) is 10.1. The van der Waals surface area contributed by atoms with E-state index in [4.69, 9.17) is 5.73 Å². The van der Waals surface area contributed by atoms with Gasteiger partial charge in [0.25, 0.3) is 0 Å². The van der Waals surface area contributed by atoms with Gasteiger partial charge in [0.15, 0.2) is 0 Å². The first kappa shape index (κ1) is 11.2. The Labute approximate surface area is 103 Å². The average molecular weight is 231 g/mol. The first-order valence-electron chi connectivity index (χ1n) is 6.83. The van der Waals surface area contributed by atoms with Gasteiger partial charge in [0.2, 0.25) is 0 Å². The van der Waals surface area contributed by atoms with Crippen molar-refractivity contribution in [3.63, 3.8) is 0 Å². The van der Waals surface area contributed by atoms with Crippen molar-refractivity contribution in [2.24, 2.45) is 5.73 Å². The third-order valence-electron chi connectivity index (χ3n) is 4.37. The Bertz CT molecular complexity index is 427. The van der Waals surface area contributed by atoms with E-state index in [1.54, 1.807) is 5.56 Å². The number of rotatable bonds is 3. The summed E-state index contributed by atoms with van der Waals surface area (Å²) in [6.07, 6.45) is 6.69. The Morgan fingerprint density at radius 1 is 1.24 bits per heavy atom. The molecule has 2 unspecified atom stereocenters. The number of aliphatic hydroxyl groups is 1. The summed E-state index contributed by atoms with van der Waals surface area (Å²) in [6.45, 7) is 0.552. The van der Waals surface area contributed by atoms with E-state index in [-0.39, 0.29) is 6.10 Å². The highest BCUT2D eigenvalue weighted by molar-refractivity contribution is 5.46. The van der Waals surface area contributed by atoms with Crippen LogP contribution in [0.5, 0.6) is 0 Å². The maximum absolute atomic E-state index is 10.1. The zero-order valence-electron chi connectivity index (χ0n) is 10.3. The van der Waals surface area contributed by atoms with Gasteiger partial charge in [0, 0.05) is 0 Å². The molecule has 3 N–H and O–H groups in total. The van der Waals surface area contributed by atoms with Gasteiger partial charge in [-0.25, -0.2) is 0 Å². The average Bonchev–Trinajstić information content (AvgIpc) is 2.75. The molecule has 0 heterocycles. The summed E-state index contributed by atoms with van der Waals surface area (Å²) < 4.78 is 0. The minimum Gasteiger partial charge on any atom is -0.388 e. The van der Waals surface area contributed by atoms with Crippen molar-refractivity contribution in [1.82, 2.24) is 0 Å². The van der Waals surface area contributed by atoms with Crippen LogP contribution in [-0.2, 0) is 12.8 Å². The van der Waals surface area contributed by atoms with Crippen LogP contribution in [0.1, 0.15) is 60.0 Å². The molecule has 0 aromatic heterocycles. The first-order valence-corrected chi connectivity index (χ1v) is 6.83. The fourth-order valence-corrected chi connectivity index (χ4v) is 3.56. The van der Waals surface area contributed by atoms with Gasteiger partial charge >= 0.3 is 0 Å². The smallest absolute Gasteiger partial charge is 0.0802 e. The number of hydrogen-bond acceptors (Lipinski definition) is 2. The van der Waals surface area contributed by atoms with E-state index in [0.29, 0.717) is 13.0 Å². The first-order chi connectivity index (χ1) is 8.29. The van der Waals surface area contributed by atoms with E-state index in [2.05, 4.69) is 12.1 Å². The number of aliphatic hydroxyl groups excluding tert-OH is 1. The van der Waals surface area contributed by atoms with Crippen LogP contribution in [0.25, 0.3) is 0 Å². The van der Waals surface area contributed by atoms with E-state index in [0.717, 1.165) is 11.5 Å². The van der Waals surface area contributed by atoms with Crippen LogP contribution < -0.4 is 5.73 Å². The van der Waals surface area contributed by atoms with Crippen molar-refractivity contribution in [2.75, 3.05) is 6.54 Å². The van der Waals surface area contributed by atoms with Gasteiger partial charge in [-0.05, 0) is 73.2 Å². The van der Waals surface area contributed by atoms with Crippen molar-refractivity contribution >= 4 is 0 Å². The number of nitrogens with two attached hydrogens (primary N) is 1. The van der Waals surface area contributed by atoms with Gasteiger partial charge in [-0.15, -0.1) is 0 Å². The zero-order valence-corrected chi connectivity index (χ0v) is 10.3. The van der Waals surface area contributed by atoms with Crippen molar-refractivity contribution in [1.29, 1.82) is 0 Å². The quantitative estimate of drug-likeness (QED) is 0.839. The standard InChI is InChI=1S/C15H21NO/c16-7-6-14(17)13-8-11-3-1-2-10-4-5-12(9-13)15(10)11/h8-10,14,17H,1-7,16H2. The summed E-state index contributed by atoms with van der Waals surface area (Å²) in [5.74, 6) is 0.814. The molecule has 0 saturated carbocycles. The highest BCUT2D eigenvalue weighted by Crippen LogP contribution is 2.43. The fraction of sp³-hybridized carbons (Fsp3) is 0.600. The Morgan fingerprint density at radius 3 is 2.76 bits per heavy atom. The minimum atomic E-state index is -0.373. The second-order valence-corrected chi connectivity index (χ2v) is 5.47. The molecule has 92 valence electrons.